The van der Waals surface area contributed by atoms with Gasteiger partial charge in [-0.25, -0.2) is 0 Å². The summed E-state index contributed by atoms with van der Waals surface area (Å²) in [4.78, 5) is 0. The fourth-order valence-electron chi connectivity index (χ4n) is 0.918. The molecule has 3 nitrogen and oxygen atoms in total. The number of ether oxygens (including phenoxy) is 1. The van der Waals surface area contributed by atoms with E-state index < -0.39 is 0 Å². The zero-order valence-corrected chi connectivity index (χ0v) is 7.38. The minimum atomic E-state index is 0.580. The number of rotatable bonds is 6. The molecular formula is C9H15NO2. The maximum atomic E-state index is 5.35. The van der Waals surface area contributed by atoms with Gasteiger partial charge in [0.25, 0.3) is 0 Å². The number of nitrogens with one attached hydrogen (secondary N) is 1. The first kappa shape index (κ1) is 9.29. The van der Waals surface area contributed by atoms with Gasteiger partial charge in [-0.2, -0.15) is 0 Å². The Balaban J connectivity index is 1.96. The molecule has 3 heteroatoms. The van der Waals surface area contributed by atoms with Crippen LogP contribution in [0.4, 0.5) is 0 Å². The lowest BCUT2D eigenvalue weighted by molar-refractivity contribution is 0.104. The van der Waals surface area contributed by atoms with Gasteiger partial charge < -0.3 is 14.5 Å². The highest BCUT2D eigenvalue weighted by Crippen LogP contribution is 2.01. The molecule has 0 fully saturated rings. The van der Waals surface area contributed by atoms with Gasteiger partial charge in [0.2, 0.25) is 0 Å². The molecule has 0 aliphatic carbocycles. The molecule has 68 valence electrons. The van der Waals surface area contributed by atoms with E-state index >= 15 is 0 Å². The van der Waals surface area contributed by atoms with Crippen LogP contribution in [0.3, 0.4) is 0 Å². The second-order valence-electron chi connectivity index (χ2n) is 2.59. The summed E-state index contributed by atoms with van der Waals surface area (Å²) in [7, 11) is 1.94. The predicted octanol–water partition coefficient (Wildman–Crippen LogP) is 1.41. The normalized spacial score (nSPS) is 10.4. The molecule has 0 atom stereocenters. The molecule has 1 aromatic heterocycles. The van der Waals surface area contributed by atoms with Crippen molar-refractivity contribution in [3.63, 3.8) is 0 Å². The van der Waals surface area contributed by atoms with Crippen molar-refractivity contribution in [3.05, 3.63) is 24.2 Å². The molecule has 0 amide bonds. The van der Waals surface area contributed by atoms with Gasteiger partial charge in [-0.1, -0.05) is 0 Å². The van der Waals surface area contributed by atoms with Crippen molar-refractivity contribution in [3.8, 4) is 0 Å². The molecule has 0 unspecified atom stereocenters. The minimum Gasteiger partial charge on any atom is -0.467 e. The number of hydrogen-bond acceptors (Lipinski definition) is 3. The molecule has 0 spiro atoms. The van der Waals surface area contributed by atoms with Gasteiger partial charge in [0.15, 0.2) is 0 Å². The summed E-state index contributed by atoms with van der Waals surface area (Å²) >= 11 is 0. The molecular weight excluding hydrogens is 154 g/mol. The Bertz CT molecular complexity index is 184. The Morgan fingerprint density at radius 3 is 3.17 bits per heavy atom. The smallest absolute Gasteiger partial charge is 0.129 e. The van der Waals surface area contributed by atoms with Gasteiger partial charge in [-0.3, -0.25) is 0 Å². The van der Waals surface area contributed by atoms with Crippen LogP contribution in [-0.2, 0) is 11.3 Å². The SMILES string of the molecule is CNCCCOCc1ccco1. The summed E-state index contributed by atoms with van der Waals surface area (Å²) in [6.45, 7) is 2.36. The first-order valence-electron chi connectivity index (χ1n) is 4.18. The van der Waals surface area contributed by atoms with Gasteiger partial charge in [0.05, 0.1) is 6.26 Å². The standard InChI is InChI=1S/C9H15NO2/c1-10-5-3-6-11-8-9-4-2-7-12-9/h2,4,7,10H,3,5-6,8H2,1H3. The minimum absolute atomic E-state index is 0.580. The molecule has 1 heterocycles. The van der Waals surface area contributed by atoms with E-state index in [1.807, 2.05) is 19.2 Å². The molecule has 0 aliphatic heterocycles. The molecule has 1 rings (SSSR count). The lowest BCUT2D eigenvalue weighted by Crippen LogP contribution is -2.10. The van der Waals surface area contributed by atoms with E-state index in [4.69, 9.17) is 9.15 Å². The molecule has 0 saturated carbocycles. The molecule has 0 saturated heterocycles. The van der Waals surface area contributed by atoms with Crippen molar-refractivity contribution < 1.29 is 9.15 Å². The third-order valence-corrected chi connectivity index (χ3v) is 1.54. The number of furan rings is 1. The highest BCUT2D eigenvalue weighted by Gasteiger charge is 1.93. The van der Waals surface area contributed by atoms with Crippen LogP contribution >= 0.6 is 0 Å². The Morgan fingerprint density at radius 2 is 2.50 bits per heavy atom. The van der Waals surface area contributed by atoms with E-state index in [9.17, 15) is 0 Å². The van der Waals surface area contributed by atoms with Crippen LogP contribution in [0.25, 0.3) is 0 Å². The third kappa shape index (κ3) is 3.55. The van der Waals surface area contributed by atoms with Crippen LogP contribution in [0.1, 0.15) is 12.2 Å². The van der Waals surface area contributed by atoms with Crippen LogP contribution in [0.5, 0.6) is 0 Å². The van der Waals surface area contributed by atoms with Gasteiger partial charge in [-0.15, -0.1) is 0 Å². The monoisotopic (exact) mass is 169 g/mol. The first-order chi connectivity index (χ1) is 5.93. The largest absolute Gasteiger partial charge is 0.467 e. The predicted molar refractivity (Wildman–Crippen MR) is 46.9 cm³/mol. The summed E-state index contributed by atoms with van der Waals surface area (Å²) in [6.07, 6.45) is 2.70. The Hall–Kier alpha value is -0.800. The molecule has 1 aromatic rings. The zero-order chi connectivity index (χ0) is 8.65. The lowest BCUT2D eigenvalue weighted by Gasteiger charge is -2.00. The van der Waals surface area contributed by atoms with Crippen LogP contribution in [0, 0.1) is 0 Å². The molecule has 0 aromatic carbocycles. The average Bonchev–Trinajstić information content (AvgIpc) is 2.57. The fraction of sp³-hybridized carbons (Fsp3) is 0.556. The van der Waals surface area contributed by atoms with E-state index in [1.165, 1.54) is 0 Å². The summed E-state index contributed by atoms with van der Waals surface area (Å²) in [5.74, 6) is 0.888. The van der Waals surface area contributed by atoms with Crippen LogP contribution in [-0.4, -0.2) is 20.2 Å². The van der Waals surface area contributed by atoms with E-state index in [-0.39, 0.29) is 0 Å². The summed E-state index contributed by atoms with van der Waals surface area (Å²) < 4.78 is 10.4. The van der Waals surface area contributed by atoms with Gasteiger partial charge in [0, 0.05) is 6.61 Å². The quantitative estimate of drug-likeness (QED) is 0.654. The summed E-state index contributed by atoms with van der Waals surface area (Å²) in [5, 5.41) is 3.06. The van der Waals surface area contributed by atoms with Crippen molar-refractivity contribution in [1.82, 2.24) is 5.32 Å². The fourth-order valence-corrected chi connectivity index (χ4v) is 0.918. The van der Waals surface area contributed by atoms with E-state index in [2.05, 4.69) is 5.32 Å². The van der Waals surface area contributed by atoms with E-state index in [0.717, 1.165) is 25.3 Å². The van der Waals surface area contributed by atoms with Crippen molar-refractivity contribution in [1.29, 1.82) is 0 Å². The lowest BCUT2D eigenvalue weighted by atomic mass is 10.4. The van der Waals surface area contributed by atoms with Crippen molar-refractivity contribution in [2.45, 2.75) is 13.0 Å². The van der Waals surface area contributed by atoms with Crippen LogP contribution in [0.2, 0.25) is 0 Å². The maximum Gasteiger partial charge on any atom is 0.129 e. The second kappa shape index (κ2) is 5.80. The Labute approximate surface area is 72.7 Å². The number of hydrogen-bond donors (Lipinski definition) is 1. The van der Waals surface area contributed by atoms with Crippen molar-refractivity contribution >= 4 is 0 Å². The Kier molecular flexibility index (Phi) is 4.49. The van der Waals surface area contributed by atoms with Crippen LogP contribution < -0.4 is 5.32 Å². The molecule has 0 radical (unpaired) electrons. The summed E-state index contributed by atoms with van der Waals surface area (Å²) in [5.41, 5.74) is 0. The third-order valence-electron chi connectivity index (χ3n) is 1.54. The molecule has 0 bridgehead atoms. The highest BCUT2D eigenvalue weighted by atomic mass is 16.5. The van der Waals surface area contributed by atoms with Gasteiger partial charge in [-0.05, 0) is 32.1 Å². The molecule has 1 N–H and O–H groups in total. The average molecular weight is 169 g/mol. The summed E-state index contributed by atoms with van der Waals surface area (Å²) in [6, 6.07) is 3.78. The van der Waals surface area contributed by atoms with Gasteiger partial charge >= 0.3 is 0 Å². The maximum absolute atomic E-state index is 5.35. The topological polar surface area (TPSA) is 34.4 Å². The first-order valence-corrected chi connectivity index (χ1v) is 4.18. The van der Waals surface area contributed by atoms with E-state index in [0.29, 0.717) is 6.61 Å². The second-order valence-corrected chi connectivity index (χ2v) is 2.59. The van der Waals surface area contributed by atoms with Gasteiger partial charge in [0.1, 0.15) is 12.4 Å². The van der Waals surface area contributed by atoms with Crippen LogP contribution in [0.15, 0.2) is 22.8 Å². The Morgan fingerprint density at radius 1 is 1.58 bits per heavy atom. The molecule has 0 aliphatic rings. The van der Waals surface area contributed by atoms with E-state index in [1.54, 1.807) is 6.26 Å². The molecule has 12 heavy (non-hydrogen) atoms. The zero-order valence-electron chi connectivity index (χ0n) is 7.38. The highest BCUT2D eigenvalue weighted by molar-refractivity contribution is 4.95. The van der Waals surface area contributed by atoms with Crippen molar-refractivity contribution in [2.75, 3.05) is 20.2 Å². The van der Waals surface area contributed by atoms with Crippen molar-refractivity contribution in [2.24, 2.45) is 0 Å².